The molecule has 0 aromatic heterocycles. The lowest BCUT2D eigenvalue weighted by atomic mass is 10.1. The summed E-state index contributed by atoms with van der Waals surface area (Å²) in [5.74, 6) is -0.759. The Bertz CT molecular complexity index is 563. The minimum Gasteiger partial charge on any atom is -0.449 e. The van der Waals surface area contributed by atoms with Crippen molar-refractivity contribution in [1.82, 2.24) is 5.32 Å². The van der Waals surface area contributed by atoms with E-state index >= 15 is 0 Å². The highest BCUT2D eigenvalue weighted by Gasteiger charge is 2.22. The summed E-state index contributed by atoms with van der Waals surface area (Å²) >= 11 is 0. The van der Waals surface area contributed by atoms with E-state index in [-0.39, 0.29) is 11.9 Å². The van der Waals surface area contributed by atoms with Crippen LogP contribution in [0.1, 0.15) is 61.4 Å². The smallest absolute Gasteiger partial charge is 0.338 e. The van der Waals surface area contributed by atoms with E-state index in [9.17, 15) is 9.59 Å². The SMILES string of the molecule is Cc1ccc(C(=O)O[C@@H](C)C(=O)NC2CCCCCC2)cc1N. The summed E-state index contributed by atoms with van der Waals surface area (Å²) in [4.78, 5) is 24.3. The van der Waals surface area contributed by atoms with Crippen LogP contribution >= 0.6 is 0 Å². The Morgan fingerprint density at radius 2 is 1.87 bits per heavy atom. The molecule has 2 rings (SSSR count). The summed E-state index contributed by atoms with van der Waals surface area (Å²) < 4.78 is 5.26. The molecule has 0 unspecified atom stereocenters. The topological polar surface area (TPSA) is 81.4 Å². The summed E-state index contributed by atoms with van der Waals surface area (Å²) in [6.45, 7) is 3.47. The van der Waals surface area contributed by atoms with Gasteiger partial charge in [0.1, 0.15) is 0 Å². The predicted octanol–water partition coefficient (Wildman–Crippen LogP) is 2.96. The number of rotatable bonds is 4. The normalized spacial score (nSPS) is 17.1. The fraction of sp³-hybridized carbons (Fsp3) is 0.556. The minimum absolute atomic E-state index is 0.196. The number of ether oxygens (including phenoxy) is 1. The Kier molecular flexibility index (Phi) is 6.02. The van der Waals surface area contributed by atoms with Crippen LogP contribution in [0.3, 0.4) is 0 Å². The van der Waals surface area contributed by atoms with Gasteiger partial charge in [-0.25, -0.2) is 4.79 Å². The van der Waals surface area contributed by atoms with Gasteiger partial charge >= 0.3 is 5.97 Å². The zero-order valence-electron chi connectivity index (χ0n) is 13.9. The maximum absolute atomic E-state index is 12.2. The molecule has 0 radical (unpaired) electrons. The molecule has 23 heavy (non-hydrogen) atoms. The number of carbonyl (C=O) groups excluding carboxylic acids is 2. The molecule has 5 nitrogen and oxygen atoms in total. The minimum atomic E-state index is -0.812. The third kappa shape index (κ3) is 4.98. The van der Waals surface area contributed by atoms with Crippen molar-refractivity contribution in [2.75, 3.05) is 5.73 Å². The molecule has 0 bridgehead atoms. The second kappa shape index (κ2) is 7.99. The van der Waals surface area contributed by atoms with Crippen LogP contribution in [0, 0.1) is 6.92 Å². The molecule has 1 aromatic rings. The van der Waals surface area contributed by atoms with Gasteiger partial charge in [0, 0.05) is 11.7 Å². The van der Waals surface area contributed by atoms with Crippen molar-refractivity contribution in [2.45, 2.75) is 64.5 Å². The van der Waals surface area contributed by atoms with Gasteiger partial charge in [-0.2, -0.15) is 0 Å². The average molecular weight is 318 g/mol. The first-order valence-electron chi connectivity index (χ1n) is 8.35. The molecular formula is C18H26N2O3. The van der Waals surface area contributed by atoms with E-state index in [1.807, 2.05) is 6.92 Å². The fourth-order valence-corrected chi connectivity index (χ4v) is 2.79. The van der Waals surface area contributed by atoms with E-state index in [0.717, 1.165) is 31.2 Å². The number of esters is 1. The summed E-state index contributed by atoms with van der Waals surface area (Å²) in [6.07, 6.45) is 5.93. The van der Waals surface area contributed by atoms with Crippen LogP contribution < -0.4 is 11.1 Å². The lowest BCUT2D eigenvalue weighted by molar-refractivity contribution is -0.129. The molecule has 0 aliphatic heterocycles. The fourth-order valence-electron chi connectivity index (χ4n) is 2.79. The van der Waals surface area contributed by atoms with Crippen molar-refractivity contribution in [3.8, 4) is 0 Å². The number of nitrogens with one attached hydrogen (secondary N) is 1. The van der Waals surface area contributed by atoms with Gasteiger partial charge < -0.3 is 15.8 Å². The number of carbonyl (C=O) groups is 2. The van der Waals surface area contributed by atoms with Crippen LogP contribution in [0.15, 0.2) is 18.2 Å². The number of aryl methyl sites for hydroxylation is 1. The van der Waals surface area contributed by atoms with E-state index in [2.05, 4.69) is 5.32 Å². The van der Waals surface area contributed by atoms with Gasteiger partial charge in [0.2, 0.25) is 0 Å². The zero-order valence-corrected chi connectivity index (χ0v) is 13.9. The van der Waals surface area contributed by atoms with Crippen LogP contribution in [-0.2, 0) is 9.53 Å². The Balaban J connectivity index is 1.89. The van der Waals surface area contributed by atoms with Crippen molar-refractivity contribution in [2.24, 2.45) is 0 Å². The molecule has 126 valence electrons. The standard InChI is InChI=1S/C18H26N2O3/c1-12-9-10-14(11-16(12)19)18(22)23-13(2)17(21)20-15-7-5-3-4-6-8-15/h9-11,13,15H,3-8,19H2,1-2H3,(H,20,21)/t13-/m0/s1. The quantitative estimate of drug-likeness (QED) is 0.508. The summed E-state index contributed by atoms with van der Waals surface area (Å²) in [5.41, 5.74) is 7.60. The van der Waals surface area contributed by atoms with Crippen molar-refractivity contribution in [3.05, 3.63) is 29.3 Å². The molecule has 1 aliphatic rings. The molecule has 0 saturated heterocycles. The van der Waals surface area contributed by atoms with E-state index in [4.69, 9.17) is 10.5 Å². The maximum Gasteiger partial charge on any atom is 0.338 e. The summed E-state index contributed by atoms with van der Waals surface area (Å²) in [6, 6.07) is 5.20. The van der Waals surface area contributed by atoms with Crippen LogP contribution in [0.2, 0.25) is 0 Å². The maximum atomic E-state index is 12.2. The first-order valence-corrected chi connectivity index (χ1v) is 8.35. The van der Waals surface area contributed by atoms with Crippen molar-refractivity contribution in [1.29, 1.82) is 0 Å². The van der Waals surface area contributed by atoms with Crippen LogP contribution in [-0.4, -0.2) is 24.0 Å². The molecule has 1 saturated carbocycles. The Morgan fingerprint density at radius 3 is 2.48 bits per heavy atom. The first-order chi connectivity index (χ1) is 11.0. The molecular weight excluding hydrogens is 292 g/mol. The van der Waals surface area contributed by atoms with Gasteiger partial charge in [-0.05, 0) is 44.4 Å². The Hall–Kier alpha value is -2.04. The molecule has 0 spiro atoms. The highest BCUT2D eigenvalue weighted by Crippen LogP contribution is 2.18. The number of benzene rings is 1. The number of nitrogens with two attached hydrogens (primary N) is 1. The zero-order chi connectivity index (χ0) is 16.8. The molecule has 0 heterocycles. The van der Waals surface area contributed by atoms with Crippen LogP contribution in [0.5, 0.6) is 0 Å². The van der Waals surface area contributed by atoms with E-state index in [1.165, 1.54) is 12.8 Å². The van der Waals surface area contributed by atoms with E-state index in [1.54, 1.807) is 25.1 Å². The van der Waals surface area contributed by atoms with Crippen LogP contribution in [0.25, 0.3) is 0 Å². The second-order valence-electron chi connectivity index (χ2n) is 6.32. The van der Waals surface area contributed by atoms with Crippen molar-refractivity contribution < 1.29 is 14.3 Å². The predicted molar refractivity (Wildman–Crippen MR) is 90.1 cm³/mol. The first kappa shape index (κ1) is 17.3. The highest BCUT2D eigenvalue weighted by molar-refractivity contribution is 5.93. The third-order valence-electron chi connectivity index (χ3n) is 4.37. The molecule has 3 N–H and O–H groups in total. The molecule has 1 aromatic carbocycles. The average Bonchev–Trinajstić information content (AvgIpc) is 2.78. The third-order valence-corrected chi connectivity index (χ3v) is 4.37. The van der Waals surface area contributed by atoms with Gasteiger partial charge in [0.05, 0.1) is 5.56 Å². The van der Waals surface area contributed by atoms with Crippen LogP contribution in [0.4, 0.5) is 5.69 Å². The Labute approximate surface area is 137 Å². The van der Waals surface area contributed by atoms with Crippen molar-refractivity contribution in [3.63, 3.8) is 0 Å². The number of anilines is 1. The molecule has 1 atom stereocenters. The van der Waals surface area contributed by atoms with Gasteiger partial charge in [0.25, 0.3) is 5.91 Å². The molecule has 1 aliphatic carbocycles. The summed E-state index contributed by atoms with van der Waals surface area (Å²) in [5, 5.41) is 3.00. The molecule has 5 heteroatoms. The van der Waals surface area contributed by atoms with Gasteiger partial charge in [-0.3, -0.25) is 4.79 Å². The largest absolute Gasteiger partial charge is 0.449 e. The van der Waals surface area contributed by atoms with Gasteiger partial charge in [-0.15, -0.1) is 0 Å². The van der Waals surface area contributed by atoms with Crippen molar-refractivity contribution >= 4 is 17.6 Å². The number of amides is 1. The lowest BCUT2D eigenvalue weighted by Crippen LogP contribution is -2.41. The summed E-state index contributed by atoms with van der Waals surface area (Å²) in [7, 11) is 0. The monoisotopic (exact) mass is 318 g/mol. The van der Waals surface area contributed by atoms with E-state index in [0.29, 0.717) is 11.3 Å². The second-order valence-corrected chi connectivity index (χ2v) is 6.32. The van der Waals surface area contributed by atoms with Gasteiger partial charge in [0.15, 0.2) is 6.10 Å². The highest BCUT2D eigenvalue weighted by atomic mass is 16.5. The number of nitrogen functional groups attached to an aromatic ring is 1. The number of hydrogen-bond acceptors (Lipinski definition) is 4. The Morgan fingerprint density at radius 1 is 1.22 bits per heavy atom. The molecule has 1 amide bonds. The lowest BCUT2D eigenvalue weighted by Gasteiger charge is -2.19. The molecule has 1 fully saturated rings. The number of hydrogen-bond donors (Lipinski definition) is 2. The van der Waals surface area contributed by atoms with Gasteiger partial charge in [-0.1, -0.05) is 31.7 Å². The van der Waals surface area contributed by atoms with E-state index < -0.39 is 12.1 Å².